The summed E-state index contributed by atoms with van der Waals surface area (Å²) in [5.41, 5.74) is 2.52. The van der Waals surface area contributed by atoms with Crippen molar-refractivity contribution >= 4 is 34.0 Å². The van der Waals surface area contributed by atoms with Crippen molar-refractivity contribution in [2.45, 2.75) is 20.0 Å². The van der Waals surface area contributed by atoms with Gasteiger partial charge in [-0.05, 0) is 31.5 Å². The lowest BCUT2D eigenvalue weighted by Gasteiger charge is -2.23. The highest BCUT2D eigenvalue weighted by Gasteiger charge is 2.23. The number of thiazole rings is 1. The van der Waals surface area contributed by atoms with Crippen LogP contribution in [0.3, 0.4) is 0 Å². The van der Waals surface area contributed by atoms with Gasteiger partial charge in [-0.25, -0.2) is 4.98 Å². The van der Waals surface area contributed by atoms with Crippen LogP contribution in [0.1, 0.15) is 28.0 Å². The summed E-state index contributed by atoms with van der Waals surface area (Å²) >= 11 is 7.89. The molecule has 156 valence electrons. The van der Waals surface area contributed by atoms with E-state index in [4.69, 9.17) is 16.3 Å². The van der Waals surface area contributed by atoms with Crippen molar-refractivity contribution in [2.24, 2.45) is 0 Å². The molecule has 4 rings (SSSR count). The SMILES string of the molecule is Cc1csc(N2CCCN(C(=O)c3ccccc3OCc3ccccc3Cl)CC2)n1. The summed E-state index contributed by atoms with van der Waals surface area (Å²) in [6, 6.07) is 15.0. The number of carbonyl (C=O) groups excluding carboxylic acids is 1. The first-order chi connectivity index (χ1) is 14.6. The number of aromatic nitrogens is 1. The Balaban J connectivity index is 1.45. The Morgan fingerprint density at radius 1 is 1.10 bits per heavy atom. The number of hydrogen-bond acceptors (Lipinski definition) is 5. The van der Waals surface area contributed by atoms with E-state index < -0.39 is 0 Å². The van der Waals surface area contributed by atoms with Gasteiger partial charge in [0.25, 0.3) is 5.91 Å². The molecule has 2 heterocycles. The number of carbonyl (C=O) groups is 1. The van der Waals surface area contributed by atoms with E-state index in [1.54, 1.807) is 11.3 Å². The van der Waals surface area contributed by atoms with Gasteiger partial charge in [-0.3, -0.25) is 4.79 Å². The summed E-state index contributed by atoms with van der Waals surface area (Å²) in [7, 11) is 0. The molecule has 1 aliphatic heterocycles. The van der Waals surface area contributed by atoms with Gasteiger partial charge in [-0.1, -0.05) is 41.9 Å². The second kappa shape index (κ2) is 9.49. The molecule has 3 aromatic rings. The first-order valence-electron chi connectivity index (χ1n) is 10.0. The number of nitrogens with zero attached hydrogens (tertiary/aromatic N) is 3. The van der Waals surface area contributed by atoms with Gasteiger partial charge in [0.15, 0.2) is 5.13 Å². The summed E-state index contributed by atoms with van der Waals surface area (Å²) in [6.45, 7) is 5.39. The molecule has 5 nitrogen and oxygen atoms in total. The molecule has 0 N–H and O–H groups in total. The minimum atomic E-state index is 0.00179. The van der Waals surface area contributed by atoms with E-state index in [0.717, 1.165) is 42.4 Å². The smallest absolute Gasteiger partial charge is 0.257 e. The molecule has 7 heteroatoms. The third kappa shape index (κ3) is 4.77. The Kier molecular flexibility index (Phi) is 6.55. The second-order valence-electron chi connectivity index (χ2n) is 7.28. The van der Waals surface area contributed by atoms with Crippen molar-refractivity contribution in [3.05, 3.63) is 75.8 Å². The number of aryl methyl sites for hydroxylation is 1. The third-order valence-electron chi connectivity index (χ3n) is 5.12. The van der Waals surface area contributed by atoms with Gasteiger partial charge in [0.2, 0.25) is 0 Å². The number of ether oxygens (including phenoxy) is 1. The maximum Gasteiger partial charge on any atom is 0.257 e. The standard InChI is InChI=1S/C23H24ClN3O2S/c1-17-16-30-23(25-17)27-12-6-11-26(13-14-27)22(28)19-8-3-5-10-21(19)29-15-18-7-2-4-9-20(18)24/h2-5,7-10,16H,6,11-15H2,1H3. The highest BCUT2D eigenvalue weighted by Crippen LogP contribution is 2.25. The number of benzene rings is 2. The molecular formula is C23H24ClN3O2S. The topological polar surface area (TPSA) is 45.7 Å². The number of para-hydroxylation sites is 1. The molecule has 0 atom stereocenters. The lowest BCUT2D eigenvalue weighted by Crippen LogP contribution is -2.35. The fraction of sp³-hybridized carbons (Fsp3) is 0.304. The van der Waals surface area contributed by atoms with E-state index in [-0.39, 0.29) is 5.91 Å². The van der Waals surface area contributed by atoms with E-state index in [2.05, 4.69) is 15.3 Å². The zero-order chi connectivity index (χ0) is 20.9. The monoisotopic (exact) mass is 441 g/mol. The summed E-state index contributed by atoms with van der Waals surface area (Å²) in [4.78, 5) is 22.1. The van der Waals surface area contributed by atoms with Crippen LogP contribution in [0.25, 0.3) is 0 Å². The van der Waals surface area contributed by atoms with Crippen molar-refractivity contribution < 1.29 is 9.53 Å². The summed E-state index contributed by atoms with van der Waals surface area (Å²) in [6.07, 6.45) is 0.910. The minimum Gasteiger partial charge on any atom is -0.488 e. The van der Waals surface area contributed by atoms with Crippen LogP contribution in [0, 0.1) is 6.92 Å². The maximum absolute atomic E-state index is 13.3. The van der Waals surface area contributed by atoms with Crippen LogP contribution in [0.4, 0.5) is 5.13 Å². The van der Waals surface area contributed by atoms with Crippen LogP contribution in [0.2, 0.25) is 5.02 Å². The highest BCUT2D eigenvalue weighted by molar-refractivity contribution is 7.13. The maximum atomic E-state index is 13.3. The Bertz CT molecular complexity index is 1020. The first kappa shape index (κ1) is 20.7. The Morgan fingerprint density at radius 2 is 1.90 bits per heavy atom. The average molecular weight is 442 g/mol. The molecular weight excluding hydrogens is 418 g/mol. The molecule has 0 bridgehead atoms. The molecule has 1 fully saturated rings. The van der Waals surface area contributed by atoms with E-state index >= 15 is 0 Å². The zero-order valence-corrected chi connectivity index (χ0v) is 18.5. The van der Waals surface area contributed by atoms with Crippen LogP contribution in [-0.2, 0) is 6.61 Å². The van der Waals surface area contributed by atoms with Crippen LogP contribution >= 0.6 is 22.9 Å². The molecule has 0 radical (unpaired) electrons. The van der Waals surface area contributed by atoms with Gasteiger partial charge in [-0.2, -0.15) is 0 Å². The van der Waals surface area contributed by atoms with Crippen molar-refractivity contribution in [3.8, 4) is 5.75 Å². The minimum absolute atomic E-state index is 0.00179. The van der Waals surface area contributed by atoms with E-state index in [9.17, 15) is 4.79 Å². The normalized spacial score (nSPS) is 14.5. The van der Waals surface area contributed by atoms with Crippen LogP contribution < -0.4 is 9.64 Å². The summed E-state index contributed by atoms with van der Waals surface area (Å²) in [5.74, 6) is 0.584. The Labute approximate surface area is 185 Å². The van der Waals surface area contributed by atoms with Gasteiger partial charge < -0.3 is 14.5 Å². The van der Waals surface area contributed by atoms with Crippen molar-refractivity contribution in [2.75, 3.05) is 31.1 Å². The van der Waals surface area contributed by atoms with E-state index in [1.807, 2.05) is 60.4 Å². The lowest BCUT2D eigenvalue weighted by atomic mass is 10.1. The number of amides is 1. The summed E-state index contributed by atoms with van der Waals surface area (Å²) in [5, 5.41) is 3.76. The van der Waals surface area contributed by atoms with Gasteiger partial charge >= 0.3 is 0 Å². The molecule has 0 aliphatic carbocycles. The number of halogens is 1. The number of hydrogen-bond donors (Lipinski definition) is 0. The van der Waals surface area contributed by atoms with Gasteiger partial charge in [0.05, 0.1) is 11.3 Å². The highest BCUT2D eigenvalue weighted by atomic mass is 35.5. The van der Waals surface area contributed by atoms with Crippen LogP contribution in [0.15, 0.2) is 53.9 Å². The van der Waals surface area contributed by atoms with Crippen molar-refractivity contribution in [3.63, 3.8) is 0 Å². The van der Waals surface area contributed by atoms with Crippen LogP contribution in [-0.4, -0.2) is 42.0 Å². The van der Waals surface area contributed by atoms with Crippen molar-refractivity contribution in [1.82, 2.24) is 9.88 Å². The molecule has 0 saturated carbocycles. The number of anilines is 1. The molecule has 0 unspecified atom stereocenters. The second-order valence-corrected chi connectivity index (χ2v) is 8.52. The average Bonchev–Trinajstić information content (AvgIpc) is 3.05. The first-order valence-corrected chi connectivity index (χ1v) is 11.3. The zero-order valence-electron chi connectivity index (χ0n) is 16.9. The summed E-state index contributed by atoms with van der Waals surface area (Å²) < 4.78 is 5.99. The van der Waals surface area contributed by atoms with Gasteiger partial charge in [0.1, 0.15) is 12.4 Å². The molecule has 1 saturated heterocycles. The largest absolute Gasteiger partial charge is 0.488 e. The molecule has 1 aliphatic rings. The Hall–Kier alpha value is -2.57. The molecule has 30 heavy (non-hydrogen) atoms. The Morgan fingerprint density at radius 3 is 2.70 bits per heavy atom. The number of rotatable bonds is 5. The predicted octanol–water partition coefficient (Wildman–Crippen LogP) is 5.04. The van der Waals surface area contributed by atoms with E-state index in [1.165, 1.54) is 0 Å². The van der Waals surface area contributed by atoms with Gasteiger partial charge in [0, 0.05) is 42.1 Å². The van der Waals surface area contributed by atoms with Crippen molar-refractivity contribution in [1.29, 1.82) is 0 Å². The molecule has 1 amide bonds. The fourth-order valence-electron chi connectivity index (χ4n) is 3.51. The molecule has 1 aromatic heterocycles. The van der Waals surface area contributed by atoms with E-state index in [0.29, 0.717) is 29.5 Å². The van der Waals surface area contributed by atoms with Crippen LogP contribution in [0.5, 0.6) is 5.75 Å². The predicted molar refractivity (Wildman–Crippen MR) is 122 cm³/mol. The third-order valence-corrected chi connectivity index (χ3v) is 6.51. The quantitative estimate of drug-likeness (QED) is 0.556. The fourth-order valence-corrected chi connectivity index (χ4v) is 4.56. The molecule has 2 aromatic carbocycles. The lowest BCUT2D eigenvalue weighted by molar-refractivity contribution is 0.0762. The van der Waals surface area contributed by atoms with Gasteiger partial charge in [-0.15, -0.1) is 11.3 Å². The molecule has 0 spiro atoms.